The van der Waals surface area contributed by atoms with Crippen LogP contribution in [0.5, 0.6) is 0 Å². The van der Waals surface area contributed by atoms with Crippen molar-refractivity contribution in [3.63, 3.8) is 0 Å². The third-order valence-corrected chi connectivity index (χ3v) is 5.39. The average Bonchev–Trinajstić information content (AvgIpc) is 3.23. The second-order valence-electron chi connectivity index (χ2n) is 6.83. The highest BCUT2D eigenvalue weighted by atomic mass is 35.5. The van der Waals surface area contributed by atoms with Crippen molar-refractivity contribution in [1.29, 1.82) is 0 Å². The standard InChI is InChI=1S/C20H18ClFN2O2/c21-17-10-15(22)5-7-18(17)23-20(26)14-9-19(25)24(11-14)16-6-4-12-2-1-3-13(12)8-16/h4-8,10,14H,1-3,9,11H2,(H,23,26). The van der Waals surface area contributed by atoms with E-state index in [2.05, 4.69) is 17.4 Å². The predicted octanol–water partition coefficient (Wildman–Crippen LogP) is 3.96. The predicted molar refractivity (Wildman–Crippen MR) is 99.0 cm³/mol. The van der Waals surface area contributed by atoms with Crippen LogP contribution in [0.1, 0.15) is 24.0 Å². The van der Waals surface area contributed by atoms with Crippen molar-refractivity contribution in [2.24, 2.45) is 5.92 Å². The normalized spacial score (nSPS) is 18.9. The Morgan fingerprint density at radius 1 is 1.15 bits per heavy atom. The molecule has 0 bridgehead atoms. The number of carbonyl (C=O) groups is 2. The molecule has 26 heavy (non-hydrogen) atoms. The van der Waals surface area contributed by atoms with Crippen LogP contribution in [0.3, 0.4) is 0 Å². The fourth-order valence-electron chi connectivity index (χ4n) is 3.68. The van der Waals surface area contributed by atoms with Gasteiger partial charge in [-0.15, -0.1) is 0 Å². The molecule has 1 aliphatic heterocycles. The summed E-state index contributed by atoms with van der Waals surface area (Å²) < 4.78 is 13.1. The number of hydrogen-bond acceptors (Lipinski definition) is 2. The summed E-state index contributed by atoms with van der Waals surface area (Å²) in [7, 11) is 0. The maximum Gasteiger partial charge on any atom is 0.229 e. The lowest BCUT2D eigenvalue weighted by atomic mass is 10.1. The number of benzene rings is 2. The number of anilines is 2. The number of nitrogens with zero attached hydrogens (tertiary/aromatic N) is 1. The summed E-state index contributed by atoms with van der Waals surface area (Å²) >= 11 is 5.96. The van der Waals surface area contributed by atoms with Crippen molar-refractivity contribution in [3.05, 3.63) is 58.4 Å². The van der Waals surface area contributed by atoms with Crippen molar-refractivity contribution in [1.82, 2.24) is 0 Å². The minimum atomic E-state index is -0.466. The third kappa shape index (κ3) is 3.19. The molecule has 0 radical (unpaired) electrons. The molecular weight excluding hydrogens is 355 g/mol. The molecule has 1 N–H and O–H groups in total. The molecule has 4 rings (SSSR count). The van der Waals surface area contributed by atoms with Crippen LogP contribution in [0, 0.1) is 11.7 Å². The summed E-state index contributed by atoms with van der Waals surface area (Å²) in [5, 5.41) is 2.83. The molecule has 2 aromatic carbocycles. The molecule has 134 valence electrons. The number of aryl methyl sites for hydroxylation is 2. The van der Waals surface area contributed by atoms with Crippen molar-refractivity contribution in [2.45, 2.75) is 25.7 Å². The van der Waals surface area contributed by atoms with Gasteiger partial charge in [0.2, 0.25) is 11.8 Å². The van der Waals surface area contributed by atoms with Gasteiger partial charge in [0, 0.05) is 18.7 Å². The Morgan fingerprint density at radius 2 is 1.96 bits per heavy atom. The van der Waals surface area contributed by atoms with Crippen LogP contribution in [0.2, 0.25) is 5.02 Å². The highest BCUT2D eigenvalue weighted by Gasteiger charge is 2.35. The van der Waals surface area contributed by atoms with E-state index in [1.54, 1.807) is 4.90 Å². The molecule has 0 aromatic heterocycles. The van der Waals surface area contributed by atoms with Crippen LogP contribution >= 0.6 is 11.6 Å². The first-order chi connectivity index (χ1) is 12.5. The minimum Gasteiger partial charge on any atom is -0.324 e. The van der Waals surface area contributed by atoms with Gasteiger partial charge in [-0.05, 0) is 60.7 Å². The second-order valence-corrected chi connectivity index (χ2v) is 7.23. The van der Waals surface area contributed by atoms with E-state index in [1.165, 1.54) is 23.3 Å². The molecule has 0 saturated carbocycles. The summed E-state index contributed by atoms with van der Waals surface area (Å²) in [6, 6.07) is 9.91. The number of amides is 2. The molecule has 1 saturated heterocycles. The minimum absolute atomic E-state index is 0.0618. The van der Waals surface area contributed by atoms with Gasteiger partial charge in [0.05, 0.1) is 16.6 Å². The summed E-state index contributed by atoms with van der Waals surface area (Å²) in [5.74, 6) is -1.27. The molecule has 4 nitrogen and oxygen atoms in total. The van der Waals surface area contributed by atoms with Crippen molar-refractivity contribution in [2.75, 3.05) is 16.8 Å². The summed E-state index contributed by atoms with van der Waals surface area (Å²) in [6.45, 7) is 0.336. The van der Waals surface area contributed by atoms with Crippen molar-refractivity contribution >= 4 is 34.8 Å². The van der Waals surface area contributed by atoms with E-state index in [-0.39, 0.29) is 23.3 Å². The zero-order valence-electron chi connectivity index (χ0n) is 14.1. The Balaban J connectivity index is 1.48. The molecular formula is C20H18ClFN2O2. The molecule has 1 fully saturated rings. The Bertz CT molecular complexity index is 899. The molecule has 0 spiro atoms. The van der Waals surface area contributed by atoms with E-state index in [0.29, 0.717) is 12.2 Å². The number of fused-ring (bicyclic) bond motifs is 1. The molecule has 1 unspecified atom stereocenters. The Kier molecular flexibility index (Phi) is 4.41. The first-order valence-electron chi connectivity index (χ1n) is 8.69. The monoisotopic (exact) mass is 372 g/mol. The summed E-state index contributed by atoms with van der Waals surface area (Å²) in [6.07, 6.45) is 3.43. The van der Waals surface area contributed by atoms with Crippen LogP contribution in [-0.2, 0) is 22.4 Å². The summed E-state index contributed by atoms with van der Waals surface area (Å²) in [5.41, 5.74) is 3.84. The van der Waals surface area contributed by atoms with Gasteiger partial charge < -0.3 is 10.2 Å². The van der Waals surface area contributed by atoms with E-state index < -0.39 is 11.7 Å². The number of carbonyl (C=O) groups excluding carboxylic acids is 2. The van der Waals surface area contributed by atoms with E-state index in [0.717, 1.165) is 31.0 Å². The number of nitrogens with one attached hydrogen (secondary N) is 1. The van der Waals surface area contributed by atoms with E-state index in [4.69, 9.17) is 11.6 Å². The maximum absolute atomic E-state index is 13.1. The number of hydrogen-bond donors (Lipinski definition) is 1. The van der Waals surface area contributed by atoms with E-state index in [9.17, 15) is 14.0 Å². The van der Waals surface area contributed by atoms with Crippen LogP contribution in [0.25, 0.3) is 0 Å². The van der Waals surface area contributed by atoms with Gasteiger partial charge in [0.15, 0.2) is 0 Å². The zero-order chi connectivity index (χ0) is 18.3. The van der Waals surface area contributed by atoms with Crippen molar-refractivity contribution < 1.29 is 14.0 Å². The molecule has 1 atom stereocenters. The van der Waals surface area contributed by atoms with Gasteiger partial charge in [0.25, 0.3) is 0 Å². The molecule has 6 heteroatoms. The van der Waals surface area contributed by atoms with Crippen LogP contribution in [0.4, 0.5) is 15.8 Å². The van der Waals surface area contributed by atoms with E-state index >= 15 is 0 Å². The topological polar surface area (TPSA) is 49.4 Å². The van der Waals surface area contributed by atoms with E-state index in [1.807, 2.05) is 6.07 Å². The van der Waals surface area contributed by atoms with Crippen LogP contribution < -0.4 is 10.2 Å². The summed E-state index contributed by atoms with van der Waals surface area (Å²) in [4.78, 5) is 26.6. The number of rotatable bonds is 3. The quantitative estimate of drug-likeness (QED) is 0.886. The highest BCUT2D eigenvalue weighted by Crippen LogP contribution is 2.31. The van der Waals surface area contributed by atoms with Gasteiger partial charge in [-0.25, -0.2) is 4.39 Å². The highest BCUT2D eigenvalue weighted by molar-refractivity contribution is 6.33. The lowest BCUT2D eigenvalue weighted by molar-refractivity contribution is -0.122. The molecule has 1 aliphatic carbocycles. The number of halogens is 2. The molecule has 2 amide bonds. The zero-order valence-corrected chi connectivity index (χ0v) is 14.9. The first-order valence-corrected chi connectivity index (χ1v) is 9.07. The van der Waals surface area contributed by atoms with Gasteiger partial charge >= 0.3 is 0 Å². The van der Waals surface area contributed by atoms with Gasteiger partial charge in [-0.3, -0.25) is 9.59 Å². The molecule has 2 aromatic rings. The van der Waals surface area contributed by atoms with Gasteiger partial charge in [-0.2, -0.15) is 0 Å². The fraction of sp³-hybridized carbons (Fsp3) is 0.300. The molecule has 2 aliphatic rings. The maximum atomic E-state index is 13.1. The lowest BCUT2D eigenvalue weighted by Gasteiger charge is -2.18. The SMILES string of the molecule is O=C(Nc1ccc(F)cc1Cl)C1CC(=O)N(c2ccc3c(c2)CCC3)C1. The Labute approximate surface area is 155 Å². The fourth-order valence-corrected chi connectivity index (χ4v) is 3.90. The van der Waals surface area contributed by atoms with Gasteiger partial charge in [-0.1, -0.05) is 17.7 Å². The second kappa shape index (κ2) is 6.72. The third-order valence-electron chi connectivity index (χ3n) is 5.08. The lowest BCUT2D eigenvalue weighted by Crippen LogP contribution is -2.28. The van der Waals surface area contributed by atoms with Crippen molar-refractivity contribution in [3.8, 4) is 0 Å². The largest absolute Gasteiger partial charge is 0.324 e. The van der Waals surface area contributed by atoms with Crippen LogP contribution in [0.15, 0.2) is 36.4 Å². The molecule has 1 heterocycles. The first kappa shape index (κ1) is 17.0. The van der Waals surface area contributed by atoms with Gasteiger partial charge in [0.1, 0.15) is 5.82 Å². The van der Waals surface area contributed by atoms with Crippen LogP contribution in [-0.4, -0.2) is 18.4 Å². The Hall–Kier alpha value is -2.40. The smallest absolute Gasteiger partial charge is 0.229 e. The average molecular weight is 373 g/mol. The Morgan fingerprint density at radius 3 is 2.77 bits per heavy atom.